The van der Waals surface area contributed by atoms with Gasteiger partial charge in [-0.3, -0.25) is 4.79 Å². The molecule has 2 aromatic carbocycles. The predicted molar refractivity (Wildman–Crippen MR) is 89.8 cm³/mol. The fourth-order valence-electron chi connectivity index (χ4n) is 2.65. The lowest BCUT2D eigenvalue weighted by atomic mass is 10.1. The molecule has 1 aliphatic heterocycles. The van der Waals surface area contributed by atoms with Crippen LogP contribution in [0.25, 0.3) is 10.8 Å². The molecule has 0 saturated carbocycles. The van der Waals surface area contributed by atoms with Crippen LogP contribution in [-0.4, -0.2) is 41.0 Å². The molecule has 0 bridgehead atoms. The van der Waals surface area contributed by atoms with E-state index >= 15 is 0 Å². The highest BCUT2D eigenvalue weighted by atomic mass is 16.4. The number of carbonyl (C=O) groups is 2. The molecule has 0 aliphatic carbocycles. The highest BCUT2D eigenvalue weighted by Crippen LogP contribution is 2.17. The quantitative estimate of drug-likeness (QED) is 0.726. The normalized spacial score (nSPS) is 16.7. The molecule has 23 heavy (non-hydrogen) atoms. The molecule has 3 rings (SSSR count). The van der Waals surface area contributed by atoms with Crippen LogP contribution in [0, 0.1) is 0 Å². The van der Waals surface area contributed by atoms with E-state index in [1.165, 1.54) is 15.7 Å². The van der Waals surface area contributed by atoms with Crippen molar-refractivity contribution in [2.45, 2.75) is 18.9 Å². The minimum absolute atomic E-state index is 0.107. The highest BCUT2D eigenvalue weighted by molar-refractivity contribution is 5.85. The van der Waals surface area contributed by atoms with E-state index in [2.05, 4.69) is 12.1 Å². The van der Waals surface area contributed by atoms with Crippen molar-refractivity contribution in [2.24, 2.45) is 5.73 Å². The largest absolute Gasteiger partial charge is 0.480 e. The molecule has 0 spiro atoms. The summed E-state index contributed by atoms with van der Waals surface area (Å²) < 4.78 is 0. The Balaban J connectivity index is 0.000000167. The van der Waals surface area contributed by atoms with Gasteiger partial charge in [0.25, 0.3) is 0 Å². The van der Waals surface area contributed by atoms with Gasteiger partial charge in [0.15, 0.2) is 0 Å². The number of likely N-dealkylation sites (tertiary alicyclic amines) is 1. The Morgan fingerprint density at radius 2 is 1.87 bits per heavy atom. The second-order valence-electron chi connectivity index (χ2n) is 5.39. The number of carboxylic acid groups (broad SMARTS) is 1. The summed E-state index contributed by atoms with van der Waals surface area (Å²) in [6.07, 6.45) is 1.30. The van der Waals surface area contributed by atoms with Crippen molar-refractivity contribution in [3.05, 3.63) is 42.5 Å². The fourth-order valence-corrected chi connectivity index (χ4v) is 2.65. The number of anilines is 1. The summed E-state index contributed by atoms with van der Waals surface area (Å²) >= 11 is 0. The molecule has 122 valence electrons. The molecule has 1 aliphatic rings. The summed E-state index contributed by atoms with van der Waals surface area (Å²) in [4.78, 5) is 23.0. The zero-order valence-electron chi connectivity index (χ0n) is 12.8. The predicted octanol–water partition coefficient (Wildman–Crippen LogP) is 1.44. The lowest BCUT2D eigenvalue weighted by Gasteiger charge is -2.20. The summed E-state index contributed by atoms with van der Waals surface area (Å²) in [7, 11) is 0. The Morgan fingerprint density at radius 3 is 2.52 bits per heavy atom. The number of hydrogen-bond acceptors (Lipinski definition) is 4. The Labute approximate surface area is 134 Å². The monoisotopic (exact) mass is 315 g/mol. The molecule has 2 aromatic rings. The van der Waals surface area contributed by atoms with Crippen LogP contribution in [0.15, 0.2) is 42.5 Å². The average Bonchev–Trinajstić information content (AvgIpc) is 3.04. The molecule has 1 heterocycles. The number of nitrogen functional groups attached to an aromatic ring is 1. The first-order chi connectivity index (χ1) is 11.0. The summed E-state index contributed by atoms with van der Waals surface area (Å²) in [6.45, 7) is 0.413. The van der Waals surface area contributed by atoms with Gasteiger partial charge in [-0.2, -0.15) is 0 Å². The van der Waals surface area contributed by atoms with Gasteiger partial charge >= 0.3 is 5.97 Å². The average molecular weight is 315 g/mol. The minimum Gasteiger partial charge on any atom is -0.480 e. The molecule has 0 radical (unpaired) electrons. The Hall–Kier alpha value is -2.60. The molecule has 1 amide bonds. The van der Waals surface area contributed by atoms with Gasteiger partial charge in [-0.1, -0.05) is 30.3 Å². The molecule has 5 N–H and O–H groups in total. The van der Waals surface area contributed by atoms with Gasteiger partial charge in [0.1, 0.15) is 6.04 Å². The first-order valence-electron chi connectivity index (χ1n) is 7.49. The van der Waals surface area contributed by atoms with Crippen molar-refractivity contribution in [3.8, 4) is 0 Å². The van der Waals surface area contributed by atoms with Crippen molar-refractivity contribution < 1.29 is 14.7 Å². The summed E-state index contributed by atoms with van der Waals surface area (Å²) in [5.41, 5.74) is 11.6. The van der Waals surface area contributed by atoms with Gasteiger partial charge in [0, 0.05) is 12.2 Å². The third-order valence-electron chi connectivity index (χ3n) is 3.81. The van der Waals surface area contributed by atoms with Gasteiger partial charge in [-0.05, 0) is 35.7 Å². The molecule has 1 fully saturated rings. The zero-order valence-corrected chi connectivity index (χ0v) is 12.8. The standard InChI is InChI=1S/C10H9N.C7H12N2O3/c11-10-6-5-8-3-1-2-4-9(8)7-10;8-4-6(10)9-3-1-2-5(9)7(11)12/h1-7H,11H2;5H,1-4,8H2,(H,11,12)/t;5-/m.0/s1. The van der Waals surface area contributed by atoms with Crippen LogP contribution >= 0.6 is 0 Å². The van der Waals surface area contributed by atoms with Crippen molar-refractivity contribution in [3.63, 3.8) is 0 Å². The van der Waals surface area contributed by atoms with E-state index < -0.39 is 12.0 Å². The number of nitrogens with two attached hydrogens (primary N) is 2. The zero-order chi connectivity index (χ0) is 16.8. The van der Waals surface area contributed by atoms with E-state index in [0.717, 1.165) is 12.1 Å². The van der Waals surface area contributed by atoms with Gasteiger partial charge in [-0.15, -0.1) is 0 Å². The molecular weight excluding hydrogens is 294 g/mol. The lowest BCUT2D eigenvalue weighted by molar-refractivity contribution is -0.147. The SMILES string of the molecule is NCC(=O)N1CCC[C@H]1C(=O)O.Nc1ccc2ccccc2c1. The van der Waals surface area contributed by atoms with Crippen LogP contribution in [0.4, 0.5) is 5.69 Å². The van der Waals surface area contributed by atoms with E-state index in [1.54, 1.807) is 0 Å². The lowest BCUT2D eigenvalue weighted by Crippen LogP contribution is -2.43. The molecule has 6 nitrogen and oxygen atoms in total. The van der Waals surface area contributed by atoms with E-state index in [-0.39, 0.29) is 12.5 Å². The van der Waals surface area contributed by atoms with Crippen LogP contribution < -0.4 is 11.5 Å². The third-order valence-corrected chi connectivity index (χ3v) is 3.81. The van der Waals surface area contributed by atoms with Gasteiger partial charge in [0.2, 0.25) is 5.91 Å². The number of hydrogen-bond donors (Lipinski definition) is 3. The molecule has 0 aromatic heterocycles. The van der Waals surface area contributed by atoms with Gasteiger partial charge in [-0.25, -0.2) is 4.79 Å². The molecule has 1 saturated heterocycles. The fraction of sp³-hybridized carbons (Fsp3) is 0.294. The van der Waals surface area contributed by atoms with Gasteiger partial charge < -0.3 is 21.5 Å². The van der Waals surface area contributed by atoms with Crippen molar-refractivity contribution in [1.82, 2.24) is 4.90 Å². The topological polar surface area (TPSA) is 110 Å². The number of aliphatic carboxylic acids is 1. The van der Waals surface area contributed by atoms with E-state index in [9.17, 15) is 9.59 Å². The number of rotatable bonds is 2. The number of amides is 1. The molecular formula is C17H21N3O3. The maximum Gasteiger partial charge on any atom is 0.326 e. The molecule has 6 heteroatoms. The van der Waals surface area contributed by atoms with Crippen LogP contribution in [0.5, 0.6) is 0 Å². The Bertz CT molecular complexity index is 702. The van der Waals surface area contributed by atoms with Crippen LogP contribution in [-0.2, 0) is 9.59 Å². The van der Waals surface area contributed by atoms with Gasteiger partial charge in [0.05, 0.1) is 6.54 Å². The number of fused-ring (bicyclic) bond motifs is 1. The summed E-state index contributed by atoms with van der Waals surface area (Å²) in [5, 5.41) is 11.1. The smallest absolute Gasteiger partial charge is 0.326 e. The number of benzene rings is 2. The molecule has 1 atom stereocenters. The van der Waals surface area contributed by atoms with E-state index in [0.29, 0.717) is 13.0 Å². The highest BCUT2D eigenvalue weighted by Gasteiger charge is 2.32. The van der Waals surface area contributed by atoms with E-state index in [1.807, 2.05) is 30.3 Å². The first kappa shape index (κ1) is 16.8. The maximum atomic E-state index is 11.1. The summed E-state index contributed by atoms with van der Waals surface area (Å²) in [6, 6.07) is 13.5. The maximum absolute atomic E-state index is 11.1. The second-order valence-corrected chi connectivity index (χ2v) is 5.39. The number of carboxylic acids is 1. The second kappa shape index (κ2) is 7.60. The van der Waals surface area contributed by atoms with E-state index in [4.69, 9.17) is 16.6 Å². The summed E-state index contributed by atoms with van der Waals surface area (Å²) in [5.74, 6) is -1.21. The van der Waals surface area contributed by atoms with Crippen LogP contribution in [0.3, 0.4) is 0 Å². The number of carbonyl (C=O) groups excluding carboxylic acids is 1. The Morgan fingerprint density at radius 1 is 1.17 bits per heavy atom. The number of nitrogens with zero attached hydrogens (tertiary/aromatic N) is 1. The molecule has 0 unspecified atom stereocenters. The van der Waals surface area contributed by atoms with Crippen LogP contribution in [0.2, 0.25) is 0 Å². The first-order valence-corrected chi connectivity index (χ1v) is 7.49. The van der Waals surface area contributed by atoms with Crippen molar-refractivity contribution in [1.29, 1.82) is 0 Å². The van der Waals surface area contributed by atoms with Crippen molar-refractivity contribution in [2.75, 3.05) is 18.8 Å². The minimum atomic E-state index is -0.936. The Kier molecular flexibility index (Phi) is 5.54. The third kappa shape index (κ3) is 4.20. The van der Waals surface area contributed by atoms with Crippen molar-refractivity contribution >= 4 is 28.3 Å². The van der Waals surface area contributed by atoms with Crippen LogP contribution in [0.1, 0.15) is 12.8 Å².